The summed E-state index contributed by atoms with van der Waals surface area (Å²) >= 11 is 0.829. The van der Waals surface area contributed by atoms with Crippen LogP contribution < -0.4 is 5.73 Å². The summed E-state index contributed by atoms with van der Waals surface area (Å²) in [5.41, 5.74) is 5.07. The van der Waals surface area contributed by atoms with E-state index in [1.54, 1.807) is 0 Å². The predicted molar refractivity (Wildman–Crippen MR) is 29.3 cm³/mol. The largest absolute Gasteiger partial charge is 0.424 e. The normalized spacial score (nSPS) is 9.33. The van der Waals surface area contributed by atoms with Gasteiger partial charge in [0.2, 0.25) is 0 Å². The fraction of sp³-hybridized carbons (Fsp3) is 0. The van der Waals surface area contributed by atoms with E-state index in [1.807, 2.05) is 0 Å². The maximum Gasteiger partial charge on any atom is 0.424 e. The third kappa shape index (κ3) is 1.14. The Balaban J connectivity index is 2.98. The smallest absolute Gasteiger partial charge is 0.374 e. The van der Waals surface area contributed by atoms with Crippen LogP contribution in [0.1, 0.15) is 10.6 Å². The SMILES string of the molecule is Nc1nc(C([O])=O)ns1. The van der Waals surface area contributed by atoms with Gasteiger partial charge in [0.05, 0.1) is 0 Å². The zero-order valence-corrected chi connectivity index (χ0v) is 5.01. The molecule has 0 atom stereocenters. The molecule has 0 unspecified atom stereocenters. The second-order valence-electron chi connectivity index (χ2n) is 1.24. The van der Waals surface area contributed by atoms with E-state index in [4.69, 9.17) is 5.73 Å². The fourth-order valence-corrected chi connectivity index (χ4v) is 0.741. The molecule has 2 N–H and O–H groups in total. The Morgan fingerprint density at radius 3 is 2.56 bits per heavy atom. The molecule has 0 spiro atoms. The Bertz CT molecular complexity index is 233. The lowest BCUT2D eigenvalue weighted by Crippen LogP contribution is -1.96. The molecule has 0 saturated carbocycles. The Hall–Kier alpha value is -1.17. The highest BCUT2D eigenvalue weighted by molar-refractivity contribution is 7.09. The molecule has 5 nitrogen and oxygen atoms in total. The summed E-state index contributed by atoms with van der Waals surface area (Å²) < 4.78 is 3.36. The lowest BCUT2D eigenvalue weighted by Gasteiger charge is -1.73. The number of aromatic nitrogens is 2. The molecule has 1 heterocycles. The molecule has 0 fully saturated rings. The number of hydrogen-bond donors (Lipinski definition) is 1. The van der Waals surface area contributed by atoms with Crippen LogP contribution in [0.4, 0.5) is 5.13 Å². The summed E-state index contributed by atoms with van der Waals surface area (Å²) in [6.07, 6.45) is 0. The van der Waals surface area contributed by atoms with Crippen molar-refractivity contribution in [3.05, 3.63) is 5.82 Å². The van der Waals surface area contributed by atoms with Crippen molar-refractivity contribution in [1.29, 1.82) is 0 Å². The number of anilines is 1. The standard InChI is InChI=1S/C3H2N3O2S/c4-3-5-1(2(7)8)6-9-3/h(H2,4,5,6). The number of carbonyl (C=O) groups is 1. The number of nitrogens with two attached hydrogens (primary N) is 1. The molecule has 0 aliphatic rings. The van der Waals surface area contributed by atoms with Crippen LogP contribution in [0.25, 0.3) is 0 Å². The summed E-state index contributed by atoms with van der Waals surface area (Å²) in [6.45, 7) is 0. The van der Waals surface area contributed by atoms with Gasteiger partial charge in [-0.3, -0.25) is 0 Å². The van der Waals surface area contributed by atoms with E-state index in [0.717, 1.165) is 11.5 Å². The van der Waals surface area contributed by atoms with Crippen molar-refractivity contribution >= 4 is 22.6 Å². The van der Waals surface area contributed by atoms with Gasteiger partial charge in [-0.25, -0.2) is 9.90 Å². The molecule has 1 radical (unpaired) electrons. The highest BCUT2D eigenvalue weighted by Crippen LogP contribution is 2.04. The highest BCUT2D eigenvalue weighted by Gasteiger charge is 2.10. The molecule has 1 aromatic heterocycles. The van der Waals surface area contributed by atoms with E-state index < -0.39 is 5.97 Å². The topological polar surface area (TPSA) is 88.8 Å². The first-order valence-corrected chi connectivity index (χ1v) is 2.78. The van der Waals surface area contributed by atoms with E-state index in [9.17, 15) is 9.90 Å². The van der Waals surface area contributed by atoms with Crippen molar-refractivity contribution in [3.8, 4) is 0 Å². The maximum absolute atomic E-state index is 9.93. The zero-order chi connectivity index (χ0) is 6.85. The van der Waals surface area contributed by atoms with E-state index in [1.165, 1.54) is 0 Å². The minimum absolute atomic E-state index is 0.134. The molecule has 1 aromatic rings. The zero-order valence-electron chi connectivity index (χ0n) is 4.20. The maximum atomic E-state index is 9.93. The molecular formula is C3H2N3O2S. The second kappa shape index (κ2) is 1.98. The Morgan fingerprint density at radius 1 is 1.67 bits per heavy atom. The van der Waals surface area contributed by atoms with Crippen molar-refractivity contribution in [3.63, 3.8) is 0 Å². The van der Waals surface area contributed by atoms with Gasteiger partial charge in [0.25, 0.3) is 5.82 Å². The van der Waals surface area contributed by atoms with E-state index in [2.05, 4.69) is 9.36 Å². The van der Waals surface area contributed by atoms with Gasteiger partial charge in [-0.05, 0) is 0 Å². The highest BCUT2D eigenvalue weighted by atomic mass is 32.1. The molecule has 6 heteroatoms. The number of nitrogen functional groups attached to an aromatic ring is 1. The lowest BCUT2D eigenvalue weighted by molar-refractivity contribution is 0.0561. The Labute approximate surface area is 54.3 Å². The summed E-state index contributed by atoms with van der Waals surface area (Å²) in [5.74, 6) is -1.75. The van der Waals surface area contributed by atoms with Gasteiger partial charge in [0, 0.05) is 11.5 Å². The lowest BCUT2D eigenvalue weighted by atomic mass is 10.6. The van der Waals surface area contributed by atoms with Crippen LogP contribution >= 0.6 is 11.5 Å². The van der Waals surface area contributed by atoms with Gasteiger partial charge in [-0.1, -0.05) is 0 Å². The fourth-order valence-electron chi connectivity index (χ4n) is 0.318. The summed E-state index contributed by atoms with van der Waals surface area (Å²) in [7, 11) is 0. The van der Waals surface area contributed by atoms with E-state index in [-0.39, 0.29) is 11.0 Å². The summed E-state index contributed by atoms with van der Waals surface area (Å²) in [4.78, 5) is 13.3. The molecule has 9 heavy (non-hydrogen) atoms. The molecule has 0 aromatic carbocycles. The van der Waals surface area contributed by atoms with Crippen molar-refractivity contribution in [2.24, 2.45) is 0 Å². The minimum Gasteiger partial charge on any atom is -0.374 e. The van der Waals surface area contributed by atoms with Crippen LogP contribution in [-0.2, 0) is 5.11 Å². The van der Waals surface area contributed by atoms with Gasteiger partial charge < -0.3 is 5.73 Å². The number of rotatable bonds is 1. The van der Waals surface area contributed by atoms with Gasteiger partial charge in [-0.2, -0.15) is 9.36 Å². The molecule has 0 aliphatic carbocycles. The second-order valence-corrected chi connectivity index (χ2v) is 2.03. The predicted octanol–water partition coefficient (Wildman–Crippen LogP) is -0.309. The van der Waals surface area contributed by atoms with Crippen molar-refractivity contribution < 1.29 is 9.90 Å². The van der Waals surface area contributed by atoms with Crippen molar-refractivity contribution in [1.82, 2.24) is 9.36 Å². The first kappa shape index (κ1) is 5.96. The monoisotopic (exact) mass is 144 g/mol. The Kier molecular flexibility index (Phi) is 1.31. The third-order valence-electron chi connectivity index (χ3n) is 0.624. The van der Waals surface area contributed by atoms with Crippen molar-refractivity contribution in [2.75, 3.05) is 5.73 Å². The van der Waals surface area contributed by atoms with Crippen LogP contribution in [0.2, 0.25) is 0 Å². The van der Waals surface area contributed by atoms with Crippen LogP contribution in [0.3, 0.4) is 0 Å². The molecule has 0 aliphatic heterocycles. The van der Waals surface area contributed by atoms with E-state index in [0.29, 0.717) is 0 Å². The summed E-state index contributed by atoms with van der Waals surface area (Å²) in [6, 6.07) is 0. The van der Waals surface area contributed by atoms with Gasteiger partial charge >= 0.3 is 5.97 Å². The first-order valence-electron chi connectivity index (χ1n) is 2.00. The quantitative estimate of drug-likeness (QED) is 0.585. The first-order chi connectivity index (χ1) is 4.20. The average molecular weight is 144 g/mol. The minimum atomic E-state index is -1.40. The molecule has 47 valence electrons. The molecule has 0 amide bonds. The van der Waals surface area contributed by atoms with Gasteiger partial charge in [-0.15, -0.1) is 0 Å². The number of nitrogens with zero attached hydrogens (tertiary/aromatic N) is 2. The van der Waals surface area contributed by atoms with Crippen LogP contribution in [0, 0.1) is 0 Å². The summed E-state index contributed by atoms with van der Waals surface area (Å²) in [5, 5.41) is 10.1. The average Bonchev–Trinajstić information content (AvgIpc) is 2.14. The number of carbonyl (C=O) groups excluding carboxylic acids is 1. The van der Waals surface area contributed by atoms with E-state index >= 15 is 0 Å². The molecule has 0 saturated heterocycles. The third-order valence-corrected chi connectivity index (χ3v) is 1.17. The molecule has 1 rings (SSSR count). The van der Waals surface area contributed by atoms with Crippen LogP contribution in [0.15, 0.2) is 0 Å². The van der Waals surface area contributed by atoms with Gasteiger partial charge in [0.1, 0.15) is 0 Å². The number of hydrogen-bond acceptors (Lipinski definition) is 5. The van der Waals surface area contributed by atoms with Crippen molar-refractivity contribution in [2.45, 2.75) is 0 Å². The van der Waals surface area contributed by atoms with Crippen LogP contribution in [-0.4, -0.2) is 15.3 Å². The van der Waals surface area contributed by atoms with Crippen LogP contribution in [0.5, 0.6) is 0 Å². The van der Waals surface area contributed by atoms with Gasteiger partial charge in [0.15, 0.2) is 5.13 Å². The molecular weight excluding hydrogens is 142 g/mol. The Morgan fingerprint density at radius 2 is 2.33 bits per heavy atom. The molecule has 0 bridgehead atoms.